The largest absolute Gasteiger partial charge is 0.361 e. The molecule has 3 rings (SSSR count). The van der Waals surface area contributed by atoms with Crippen LogP contribution in [0.4, 0.5) is 0 Å². The Morgan fingerprint density at radius 1 is 1.21 bits per heavy atom. The van der Waals surface area contributed by atoms with Gasteiger partial charge in [0.15, 0.2) is 0 Å². The van der Waals surface area contributed by atoms with Gasteiger partial charge in [0, 0.05) is 37.8 Å². The molecule has 0 spiro atoms. The summed E-state index contributed by atoms with van der Waals surface area (Å²) in [7, 11) is -3.44. The van der Waals surface area contributed by atoms with Gasteiger partial charge in [-0.15, -0.1) is 0 Å². The summed E-state index contributed by atoms with van der Waals surface area (Å²) in [5.41, 5.74) is 1.47. The van der Waals surface area contributed by atoms with Crippen molar-refractivity contribution < 1.29 is 22.5 Å². The van der Waals surface area contributed by atoms with Crippen LogP contribution in [0.1, 0.15) is 42.7 Å². The summed E-state index contributed by atoms with van der Waals surface area (Å²) in [4.78, 5) is 27.2. The second kappa shape index (κ2) is 8.83. The van der Waals surface area contributed by atoms with Gasteiger partial charge in [-0.2, -0.15) is 4.31 Å². The van der Waals surface area contributed by atoms with Crippen molar-refractivity contribution in [3.05, 3.63) is 17.0 Å². The Morgan fingerprint density at radius 3 is 2.62 bits per heavy atom. The molecule has 2 unspecified atom stereocenters. The number of nitrogens with zero attached hydrogens (tertiary/aromatic N) is 3. The predicted molar refractivity (Wildman–Crippen MR) is 107 cm³/mol. The summed E-state index contributed by atoms with van der Waals surface area (Å²) in [6, 6.07) is -0.297. The predicted octanol–water partition coefficient (Wildman–Crippen LogP) is 0.613. The molecule has 2 heterocycles. The van der Waals surface area contributed by atoms with E-state index in [4.69, 9.17) is 4.52 Å². The van der Waals surface area contributed by atoms with E-state index in [9.17, 15) is 18.0 Å². The number of hydrogen-bond donors (Lipinski definition) is 1. The van der Waals surface area contributed by atoms with Gasteiger partial charge in [-0.05, 0) is 33.1 Å². The molecule has 0 aromatic carbocycles. The monoisotopic (exact) mass is 426 g/mol. The summed E-state index contributed by atoms with van der Waals surface area (Å²) in [6.07, 6.45) is 4.13. The number of aromatic nitrogens is 1. The van der Waals surface area contributed by atoms with Gasteiger partial charge in [-0.25, -0.2) is 8.42 Å². The van der Waals surface area contributed by atoms with Gasteiger partial charge >= 0.3 is 0 Å². The number of rotatable bonds is 3. The van der Waals surface area contributed by atoms with E-state index in [1.54, 1.807) is 18.7 Å². The molecule has 2 amide bonds. The lowest BCUT2D eigenvalue weighted by atomic mass is 10.0. The number of aryl methyl sites for hydroxylation is 2. The fourth-order valence-corrected chi connectivity index (χ4v) is 5.61. The van der Waals surface area contributed by atoms with Gasteiger partial charge in [0.2, 0.25) is 21.8 Å². The van der Waals surface area contributed by atoms with Gasteiger partial charge in [-0.1, -0.05) is 11.6 Å². The maximum absolute atomic E-state index is 12.9. The van der Waals surface area contributed by atoms with Gasteiger partial charge in [0.25, 0.3) is 0 Å². The number of nitrogens with one attached hydrogen (secondary N) is 1. The Hall–Kier alpha value is -1.94. The maximum atomic E-state index is 12.9. The molecule has 1 saturated carbocycles. The Bertz CT molecular complexity index is 846. The van der Waals surface area contributed by atoms with Gasteiger partial charge < -0.3 is 14.7 Å². The molecule has 0 radical (unpaired) electrons. The summed E-state index contributed by atoms with van der Waals surface area (Å²) >= 11 is 0. The van der Waals surface area contributed by atoms with Crippen molar-refractivity contribution in [3.63, 3.8) is 0 Å². The van der Waals surface area contributed by atoms with E-state index in [1.165, 1.54) is 10.6 Å². The average Bonchev–Trinajstić information content (AvgIpc) is 3.23. The number of amides is 2. The smallest absolute Gasteiger partial charge is 0.227 e. The molecule has 2 fully saturated rings. The standard InChI is InChI=1S/C19H30N4O5S/c1-13-16(14(2)28-21-13)12-18(24)22-9-5-10-23(29(3,26)27)17-7-4-6-15(17)19(25)20-8-11-22/h15,17H,4-12H2,1-3H3,(H,20,25). The number of carbonyl (C=O) groups is 2. The van der Waals surface area contributed by atoms with Crippen molar-refractivity contribution in [2.45, 2.75) is 52.0 Å². The van der Waals surface area contributed by atoms with Crippen molar-refractivity contribution in [3.8, 4) is 0 Å². The Labute approximate surface area is 171 Å². The minimum absolute atomic E-state index is 0.0843. The first-order valence-corrected chi connectivity index (χ1v) is 12.0. The molecule has 2 atom stereocenters. The molecule has 1 N–H and O–H groups in total. The number of carbonyl (C=O) groups excluding carboxylic acids is 2. The van der Waals surface area contributed by atoms with Crippen molar-refractivity contribution in [1.29, 1.82) is 0 Å². The SMILES string of the molecule is Cc1noc(C)c1CC(=O)N1CCCN(S(C)(=O)=O)C2CCCC2C(=O)NCC1. The van der Waals surface area contributed by atoms with Crippen LogP contribution in [0.25, 0.3) is 0 Å². The minimum Gasteiger partial charge on any atom is -0.361 e. The maximum Gasteiger partial charge on any atom is 0.227 e. The minimum atomic E-state index is -3.44. The van der Waals surface area contributed by atoms with Crippen molar-refractivity contribution in [2.24, 2.45) is 5.92 Å². The van der Waals surface area contributed by atoms with Crippen LogP contribution in [0.15, 0.2) is 4.52 Å². The molecule has 1 aromatic rings. The highest BCUT2D eigenvalue weighted by atomic mass is 32.2. The molecule has 29 heavy (non-hydrogen) atoms. The van der Waals surface area contributed by atoms with E-state index in [-0.39, 0.29) is 30.2 Å². The molecule has 1 saturated heterocycles. The Kier molecular flexibility index (Phi) is 6.62. The van der Waals surface area contributed by atoms with Crippen LogP contribution in [0.3, 0.4) is 0 Å². The first-order valence-electron chi connectivity index (χ1n) is 10.1. The Balaban J connectivity index is 1.75. The van der Waals surface area contributed by atoms with Crippen molar-refractivity contribution in [1.82, 2.24) is 19.7 Å². The van der Waals surface area contributed by atoms with E-state index in [0.717, 1.165) is 12.0 Å². The van der Waals surface area contributed by atoms with E-state index in [0.29, 0.717) is 56.9 Å². The molecule has 1 aromatic heterocycles. The topological polar surface area (TPSA) is 113 Å². The van der Waals surface area contributed by atoms with Crippen LogP contribution < -0.4 is 5.32 Å². The molecule has 162 valence electrons. The molecular weight excluding hydrogens is 396 g/mol. The molecule has 0 bridgehead atoms. The summed E-state index contributed by atoms with van der Waals surface area (Å²) < 4.78 is 31.4. The lowest BCUT2D eigenvalue weighted by Crippen LogP contribution is -2.47. The van der Waals surface area contributed by atoms with Crippen LogP contribution in [0.5, 0.6) is 0 Å². The molecule has 10 heteroatoms. The average molecular weight is 427 g/mol. The van der Waals surface area contributed by atoms with Crippen molar-refractivity contribution >= 4 is 21.8 Å². The second-order valence-electron chi connectivity index (χ2n) is 7.98. The van der Waals surface area contributed by atoms with E-state index >= 15 is 0 Å². The van der Waals surface area contributed by atoms with Gasteiger partial charge in [0.1, 0.15) is 5.76 Å². The number of hydrogen-bond acceptors (Lipinski definition) is 6. The molecule has 1 aliphatic heterocycles. The molecule has 9 nitrogen and oxygen atoms in total. The van der Waals surface area contributed by atoms with Gasteiger partial charge in [0.05, 0.1) is 24.3 Å². The highest BCUT2D eigenvalue weighted by molar-refractivity contribution is 7.88. The van der Waals surface area contributed by atoms with Crippen LogP contribution in [0, 0.1) is 19.8 Å². The van der Waals surface area contributed by atoms with Crippen LogP contribution in [0.2, 0.25) is 0 Å². The van der Waals surface area contributed by atoms with Crippen LogP contribution in [-0.4, -0.2) is 73.1 Å². The third-order valence-electron chi connectivity index (χ3n) is 5.96. The number of fused-ring (bicyclic) bond motifs is 1. The normalized spacial score (nSPS) is 24.7. The summed E-state index contributed by atoms with van der Waals surface area (Å²) in [6.45, 7) is 5.07. The first kappa shape index (κ1) is 21.8. The van der Waals surface area contributed by atoms with Gasteiger partial charge in [-0.3, -0.25) is 9.59 Å². The third kappa shape index (κ3) is 4.98. The summed E-state index contributed by atoms with van der Waals surface area (Å²) in [5.74, 6) is 0.0903. The van der Waals surface area contributed by atoms with Crippen LogP contribution in [-0.2, 0) is 26.0 Å². The first-order chi connectivity index (χ1) is 13.7. The molecule has 1 aliphatic carbocycles. The summed E-state index contributed by atoms with van der Waals surface area (Å²) in [5, 5.41) is 6.80. The van der Waals surface area contributed by atoms with Crippen LogP contribution >= 0.6 is 0 Å². The quantitative estimate of drug-likeness (QED) is 0.758. The zero-order valence-electron chi connectivity index (χ0n) is 17.3. The molecule has 2 aliphatic rings. The second-order valence-corrected chi connectivity index (χ2v) is 9.92. The zero-order valence-corrected chi connectivity index (χ0v) is 18.1. The lowest BCUT2D eigenvalue weighted by molar-refractivity contribution is -0.131. The Morgan fingerprint density at radius 2 is 1.97 bits per heavy atom. The van der Waals surface area contributed by atoms with E-state index in [2.05, 4.69) is 10.5 Å². The fraction of sp³-hybridized carbons (Fsp3) is 0.737. The fourth-order valence-electron chi connectivity index (χ4n) is 4.41. The lowest BCUT2D eigenvalue weighted by Gasteiger charge is -2.30. The van der Waals surface area contributed by atoms with E-state index < -0.39 is 10.0 Å². The van der Waals surface area contributed by atoms with E-state index in [1.807, 2.05) is 0 Å². The van der Waals surface area contributed by atoms with Crippen molar-refractivity contribution in [2.75, 3.05) is 32.4 Å². The highest BCUT2D eigenvalue weighted by Gasteiger charge is 2.40. The number of sulfonamides is 1. The third-order valence-corrected chi connectivity index (χ3v) is 7.27. The highest BCUT2D eigenvalue weighted by Crippen LogP contribution is 2.32. The molecular formula is C19H30N4O5S. The zero-order chi connectivity index (χ0) is 21.2.